The average Bonchev–Trinajstić information content (AvgIpc) is 2.83. The first-order valence-corrected chi connectivity index (χ1v) is 9.48. The quantitative estimate of drug-likeness (QED) is 0.739. The highest BCUT2D eigenvalue weighted by Gasteiger charge is 2.62. The predicted octanol–water partition coefficient (Wildman–Crippen LogP) is 3.79. The highest BCUT2D eigenvalue weighted by atomic mass is 16.5. The van der Waals surface area contributed by atoms with Crippen molar-refractivity contribution in [3.8, 4) is 0 Å². The van der Waals surface area contributed by atoms with Gasteiger partial charge in [0.25, 0.3) is 0 Å². The van der Waals surface area contributed by atoms with Crippen molar-refractivity contribution in [1.82, 2.24) is 0 Å². The zero-order chi connectivity index (χ0) is 16.4. The lowest BCUT2D eigenvalue weighted by atomic mass is 9.44. The first kappa shape index (κ1) is 15.8. The maximum atomic E-state index is 12.5. The van der Waals surface area contributed by atoms with Gasteiger partial charge in [-0.05, 0) is 61.2 Å². The lowest BCUT2D eigenvalue weighted by Gasteiger charge is -2.61. The summed E-state index contributed by atoms with van der Waals surface area (Å²) in [6.45, 7) is 4.65. The number of carbonyl (C=O) groups is 2. The fourth-order valence-corrected chi connectivity index (χ4v) is 7.09. The van der Waals surface area contributed by atoms with Crippen LogP contribution in [-0.2, 0) is 14.3 Å². The molecule has 128 valence electrons. The number of fused-ring (bicyclic) bond motifs is 5. The number of hydrogen-bond donors (Lipinski definition) is 0. The van der Waals surface area contributed by atoms with E-state index in [1.807, 2.05) is 7.11 Å². The van der Waals surface area contributed by atoms with Crippen LogP contribution in [0.4, 0.5) is 0 Å². The Labute approximate surface area is 139 Å². The minimum atomic E-state index is -0.0762. The lowest BCUT2D eigenvalue weighted by molar-refractivity contribution is -0.170. The molecule has 0 heterocycles. The van der Waals surface area contributed by atoms with Crippen LogP contribution in [0.25, 0.3) is 0 Å². The minimum absolute atomic E-state index is 0.0762. The van der Waals surface area contributed by atoms with Crippen molar-refractivity contribution in [2.45, 2.75) is 71.3 Å². The Morgan fingerprint density at radius 2 is 1.78 bits per heavy atom. The van der Waals surface area contributed by atoms with Gasteiger partial charge in [0.05, 0.1) is 6.10 Å². The number of methoxy groups -OCH3 is 1. The zero-order valence-corrected chi connectivity index (χ0v) is 14.8. The SMILES string of the molecule is COC1C[C@@H]2[C@H](CC[C@]3(C)C(=O)CC[C@@H]23)[C@@]2(C)CCC(=O)C[C@H]12. The third-order valence-electron chi connectivity index (χ3n) is 8.49. The van der Waals surface area contributed by atoms with E-state index in [0.717, 1.165) is 38.5 Å². The topological polar surface area (TPSA) is 43.4 Å². The molecule has 0 saturated heterocycles. The van der Waals surface area contributed by atoms with Gasteiger partial charge in [0.15, 0.2) is 0 Å². The first-order chi connectivity index (χ1) is 10.9. The first-order valence-electron chi connectivity index (χ1n) is 9.48. The summed E-state index contributed by atoms with van der Waals surface area (Å²) in [4.78, 5) is 24.5. The number of hydrogen-bond acceptors (Lipinski definition) is 3. The van der Waals surface area contributed by atoms with Gasteiger partial charge in [0.2, 0.25) is 0 Å². The number of rotatable bonds is 1. The molecule has 4 rings (SSSR count). The molecule has 0 N–H and O–H groups in total. The van der Waals surface area contributed by atoms with E-state index in [4.69, 9.17) is 4.74 Å². The predicted molar refractivity (Wildman–Crippen MR) is 87.9 cm³/mol. The molecule has 1 unspecified atom stereocenters. The van der Waals surface area contributed by atoms with Crippen LogP contribution in [0.5, 0.6) is 0 Å². The van der Waals surface area contributed by atoms with Crippen LogP contribution >= 0.6 is 0 Å². The number of ether oxygens (including phenoxy) is 1. The van der Waals surface area contributed by atoms with Crippen molar-refractivity contribution in [2.24, 2.45) is 34.5 Å². The molecule has 3 heteroatoms. The molecule has 0 radical (unpaired) electrons. The molecule has 0 aromatic rings. The van der Waals surface area contributed by atoms with Crippen LogP contribution in [0.1, 0.15) is 65.2 Å². The van der Waals surface area contributed by atoms with Gasteiger partial charge in [-0.3, -0.25) is 9.59 Å². The Morgan fingerprint density at radius 1 is 1.00 bits per heavy atom. The van der Waals surface area contributed by atoms with Gasteiger partial charge in [-0.25, -0.2) is 0 Å². The van der Waals surface area contributed by atoms with Crippen molar-refractivity contribution in [3.63, 3.8) is 0 Å². The Morgan fingerprint density at radius 3 is 2.52 bits per heavy atom. The van der Waals surface area contributed by atoms with Gasteiger partial charge in [-0.1, -0.05) is 13.8 Å². The minimum Gasteiger partial charge on any atom is -0.381 e. The second-order valence-electron chi connectivity index (χ2n) is 9.16. The summed E-state index contributed by atoms with van der Waals surface area (Å²) < 4.78 is 5.89. The molecule has 4 saturated carbocycles. The molecule has 3 nitrogen and oxygen atoms in total. The molecule has 0 aromatic carbocycles. The van der Waals surface area contributed by atoms with Crippen LogP contribution in [0, 0.1) is 34.5 Å². The fraction of sp³-hybridized carbons (Fsp3) is 0.900. The summed E-state index contributed by atoms with van der Waals surface area (Å²) in [7, 11) is 1.81. The Bertz CT molecular complexity index is 541. The van der Waals surface area contributed by atoms with Gasteiger partial charge < -0.3 is 4.74 Å². The van der Waals surface area contributed by atoms with E-state index in [0.29, 0.717) is 41.7 Å². The van der Waals surface area contributed by atoms with Crippen molar-refractivity contribution in [1.29, 1.82) is 0 Å². The van der Waals surface area contributed by atoms with Crippen LogP contribution in [-0.4, -0.2) is 24.8 Å². The third-order valence-corrected chi connectivity index (χ3v) is 8.49. The summed E-state index contributed by atoms with van der Waals surface area (Å²) in [6.07, 6.45) is 7.81. The molecule has 4 fully saturated rings. The molecule has 4 aliphatic carbocycles. The molecule has 4 aliphatic rings. The maximum Gasteiger partial charge on any atom is 0.139 e. The van der Waals surface area contributed by atoms with E-state index in [1.54, 1.807) is 0 Å². The summed E-state index contributed by atoms with van der Waals surface area (Å²) in [6, 6.07) is 0. The van der Waals surface area contributed by atoms with Crippen LogP contribution in [0.2, 0.25) is 0 Å². The molecule has 0 spiro atoms. The molecule has 0 amide bonds. The molecule has 7 atom stereocenters. The van der Waals surface area contributed by atoms with Crippen molar-refractivity contribution in [3.05, 3.63) is 0 Å². The summed E-state index contributed by atoms with van der Waals surface area (Å²) in [5.41, 5.74) is 0.150. The van der Waals surface area contributed by atoms with E-state index >= 15 is 0 Å². The summed E-state index contributed by atoms with van der Waals surface area (Å²) in [5.74, 6) is 3.14. The summed E-state index contributed by atoms with van der Waals surface area (Å²) >= 11 is 0. The van der Waals surface area contributed by atoms with Gasteiger partial charge in [-0.15, -0.1) is 0 Å². The van der Waals surface area contributed by atoms with E-state index in [-0.39, 0.29) is 16.9 Å². The molecule has 23 heavy (non-hydrogen) atoms. The van der Waals surface area contributed by atoms with Gasteiger partial charge in [0.1, 0.15) is 11.6 Å². The second kappa shape index (κ2) is 5.15. The maximum absolute atomic E-state index is 12.5. The Hall–Kier alpha value is -0.700. The van der Waals surface area contributed by atoms with Gasteiger partial charge in [-0.2, -0.15) is 0 Å². The second-order valence-corrected chi connectivity index (χ2v) is 9.16. The Kier molecular flexibility index (Phi) is 3.54. The van der Waals surface area contributed by atoms with E-state index in [1.165, 1.54) is 6.42 Å². The van der Waals surface area contributed by atoms with E-state index < -0.39 is 0 Å². The van der Waals surface area contributed by atoms with Crippen molar-refractivity contribution in [2.75, 3.05) is 7.11 Å². The van der Waals surface area contributed by atoms with Crippen molar-refractivity contribution >= 4 is 11.6 Å². The highest BCUT2D eigenvalue weighted by molar-refractivity contribution is 5.87. The molecule has 0 bridgehead atoms. The van der Waals surface area contributed by atoms with E-state index in [2.05, 4.69) is 13.8 Å². The largest absolute Gasteiger partial charge is 0.381 e. The highest BCUT2D eigenvalue weighted by Crippen LogP contribution is 2.65. The molecule has 0 aromatic heterocycles. The van der Waals surface area contributed by atoms with Gasteiger partial charge in [0, 0.05) is 31.8 Å². The van der Waals surface area contributed by atoms with Gasteiger partial charge >= 0.3 is 0 Å². The van der Waals surface area contributed by atoms with E-state index in [9.17, 15) is 9.59 Å². The monoisotopic (exact) mass is 318 g/mol. The zero-order valence-electron chi connectivity index (χ0n) is 14.8. The Balaban J connectivity index is 1.70. The summed E-state index contributed by atoms with van der Waals surface area (Å²) in [5, 5.41) is 0. The van der Waals surface area contributed by atoms with Crippen LogP contribution in [0.15, 0.2) is 0 Å². The number of ketones is 2. The fourth-order valence-electron chi connectivity index (χ4n) is 7.09. The normalized spacial score (nSPS) is 52.7. The van der Waals surface area contributed by atoms with Crippen molar-refractivity contribution < 1.29 is 14.3 Å². The number of carbonyl (C=O) groups excluding carboxylic acids is 2. The van der Waals surface area contributed by atoms with Crippen LogP contribution in [0.3, 0.4) is 0 Å². The smallest absolute Gasteiger partial charge is 0.139 e. The average molecular weight is 318 g/mol. The molecular formula is C20H30O3. The standard InChI is InChI=1S/C20H30O3/c1-19-8-6-12(21)10-16(19)17(23-3)11-13-14-4-5-18(22)20(14,2)9-7-15(13)19/h13-17H,4-11H2,1-3H3/t13-,14-,15-,16+,17?,19+,20-/m0/s1. The molecule has 0 aliphatic heterocycles. The number of Topliss-reactive ketones (excluding diaryl/α,β-unsaturated/α-hetero) is 2. The van der Waals surface area contributed by atoms with Crippen LogP contribution < -0.4 is 0 Å². The lowest BCUT2D eigenvalue weighted by Crippen LogP contribution is -2.58. The third kappa shape index (κ3) is 2.04. The molecular weight excluding hydrogens is 288 g/mol.